The number of alkyl halides is 3. The maximum absolute atomic E-state index is 12.6. The van der Waals surface area contributed by atoms with Gasteiger partial charge in [-0.15, -0.1) is 35.3 Å². The number of hydrogen-bond acceptors (Lipinski definition) is 4. The van der Waals surface area contributed by atoms with Crippen molar-refractivity contribution in [2.45, 2.75) is 44.7 Å². The van der Waals surface area contributed by atoms with Gasteiger partial charge in [-0.2, -0.15) is 13.2 Å². The lowest BCUT2D eigenvalue weighted by Gasteiger charge is -2.21. The summed E-state index contributed by atoms with van der Waals surface area (Å²) >= 11 is 0.989. The second-order valence-electron chi connectivity index (χ2n) is 6.89. The van der Waals surface area contributed by atoms with Gasteiger partial charge in [0, 0.05) is 37.6 Å². The predicted octanol–water partition coefficient (Wildman–Crippen LogP) is 4.11. The molecule has 1 aromatic heterocycles. The van der Waals surface area contributed by atoms with Gasteiger partial charge in [0.2, 0.25) is 0 Å². The van der Waals surface area contributed by atoms with Gasteiger partial charge in [-0.1, -0.05) is 30.3 Å². The van der Waals surface area contributed by atoms with Crippen molar-refractivity contribution >= 4 is 41.3 Å². The minimum atomic E-state index is -4.41. The Morgan fingerprint density at radius 3 is 2.66 bits per heavy atom. The molecule has 29 heavy (non-hydrogen) atoms. The van der Waals surface area contributed by atoms with E-state index in [2.05, 4.69) is 44.6 Å². The number of nitrogens with zero attached hydrogens (tertiary/aromatic N) is 3. The summed E-state index contributed by atoms with van der Waals surface area (Å²) in [6.07, 6.45) is -3.43. The van der Waals surface area contributed by atoms with Gasteiger partial charge < -0.3 is 10.6 Å². The highest BCUT2D eigenvalue weighted by atomic mass is 127. The maximum atomic E-state index is 12.6. The molecule has 2 atom stereocenters. The number of nitrogens with one attached hydrogen (secondary N) is 2. The van der Waals surface area contributed by atoms with Crippen LogP contribution in [0.3, 0.4) is 0 Å². The number of thiazole rings is 1. The molecule has 160 valence electrons. The van der Waals surface area contributed by atoms with Crippen LogP contribution in [0.4, 0.5) is 13.2 Å². The third-order valence-electron chi connectivity index (χ3n) is 4.75. The summed E-state index contributed by atoms with van der Waals surface area (Å²) in [6.45, 7) is 4.18. The van der Waals surface area contributed by atoms with E-state index < -0.39 is 11.9 Å². The van der Waals surface area contributed by atoms with E-state index in [0.29, 0.717) is 17.0 Å². The highest BCUT2D eigenvalue weighted by Gasteiger charge is 2.33. The molecule has 0 aliphatic carbocycles. The minimum absolute atomic E-state index is 0. The Hall–Kier alpha value is -1.40. The molecule has 2 aromatic rings. The van der Waals surface area contributed by atoms with Gasteiger partial charge in [-0.25, -0.2) is 4.98 Å². The molecule has 0 spiro atoms. The average molecular weight is 539 g/mol. The number of guanidine groups is 1. The summed E-state index contributed by atoms with van der Waals surface area (Å²) in [4.78, 5) is 10.2. The molecule has 2 unspecified atom stereocenters. The van der Waals surface area contributed by atoms with E-state index in [1.54, 1.807) is 7.05 Å². The summed E-state index contributed by atoms with van der Waals surface area (Å²) in [5.74, 6) is 0.572. The molecule has 1 aromatic carbocycles. The van der Waals surface area contributed by atoms with E-state index in [4.69, 9.17) is 0 Å². The molecule has 3 rings (SSSR count). The first-order chi connectivity index (χ1) is 13.3. The summed E-state index contributed by atoms with van der Waals surface area (Å²) < 4.78 is 37.9. The Kier molecular flexibility index (Phi) is 8.71. The summed E-state index contributed by atoms with van der Waals surface area (Å²) in [6, 6.07) is 11.0. The molecule has 0 bridgehead atoms. The minimum Gasteiger partial charge on any atom is -0.352 e. The highest BCUT2D eigenvalue weighted by Crippen LogP contribution is 2.29. The lowest BCUT2D eigenvalue weighted by Crippen LogP contribution is -2.44. The number of aliphatic imine (C=N–C) groups is 1. The van der Waals surface area contributed by atoms with Crippen molar-refractivity contribution in [1.82, 2.24) is 20.5 Å². The largest absolute Gasteiger partial charge is 0.434 e. The topological polar surface area (TPSA) is 52.6 Å². The van der Waals surface area contributed by atoms with Crippen molar-refractivity contribution < 1.29 is 13.2 Å². The van der Waals surface area contributed by atoms with Crippen molar-refractivity contribution in [2.24, 2.45) is 4.99 Å². The first kappa shape index (κ1) is 23.9. The Morgan fingerprint density at radius 1 is 1.31 bits per heavy atom. The van der Waals surface area contributed by atoms with E-state index in [1.807, 2.05) is 18.2 Å². The molecule has 1 aliphatic rings. The van der Waals surface area contributed by atoms with Crippen molar-refractivity contribution in [3.63, 3.8) is 0 Å². The predicted molar refractivity (Wildman–Crippen MR) is 121 cm³/mol. The molecule has 1 fully saturated rings. The van der Waals surface area contributed by atoms with Crippen LogP contribution in [-0.4, -0.2) is 41.5 Å². The van der Waals surface area contributed by atoms with Gasteiger partial charge in [0.25, 0.3) is 0 Å². The monoisotopic (exact) mass is 539 g/mol. The summed E-state index contributed by atoms with van der Waals surface area (Å²) in [5, 5.41) is 7.84. The number of hydrogen-bond donors (Lipinski definition) is 2. The van der Waals surface area contributed by atoms with Crippen LogP contribution < -0.4 is 10.6 Å². The van der Waals surface area contributed by atoms with E-state index in [-0.39, 0.29) is 36.6 Å². The second kappa shape index (κ2) is 10.6. The van der Waals surface area contributed by atoms with Crippen LogP contribution in [0.5, 0.6) is 0 Å². The van der Waals surface area contributed by atoms with Gasteiger partial charge >= 0.3 is 6.18 Å². The van der Waals surface area contributed by atoms with E-state index in [0.717, 1.165) is 36.2 Å². The zero-order valence-electron chi connectivity index (χ0n) is 16.2. The number of benzene rings is 1. The molecule has 1 saturated heterocycles. The summed E-state index contributed by atoms with van der Waals surface area (Å²) in [5.41, 5.74) is 0.431. The Labute approximate surface area is 189 Å². The van der Waals surface area contributed by atoms with E-state index in [1.165, 1.54) is 5.56 Å². The molecule has 2 heterocycles. The van der Waals surface area contributed by atoms with Gasteiger partial charge in [-0.05, 0) is 18.9 Å². The Balaban J connectivity index is 0.00000300. The van der Waals surface area contributed by atoms with Gasteiger partial charge in [0.15, 0.2) is 11.7 Å². The molecular formula is C19H25F3IN5S. The van der Waals surface area contributed by atoms with E-state index >= 15 is 0 Å². The Morgan fingerprint density at radius 2 is 2.03 bits per heavy atom. The Bertz CT molecular complexity index is 797. The van der Waals surface area contributed by atoms with Crippen LogP contribution in [0, 0.1) is 0 Å². The zero-order chi connectivity index (χ0) is 20.1. The fourth-order valence-corrected chi connectivity index (χ4v) is 4.05. The van der Waals surface area contributed by atoms with Crippen molar-refractivity contribution in [2.75, 3.05) is 13.6 Å². The maximum Gasteiger partial charge on any atom is 0.434 e. The third-order valence-corrected chi connectivity index (χ3v) is 5.59. The number of halogens is 4. The lowest BCUT2D eigenvalue weighted by atomic mass is 10.2. The first-order valence-electron chi connectivity index (χ1n) is 9.12. The SMILES string of the molecule is CN=C(NCc1nc(C(F)(F)F)cs1)NC1CC(C)N(Cc2ccccc2)C1.I. The van der Waals surface area contributed by atoms with Crippen LogP contribution in [0.15, 0.2) is 40.7 Å². The average Bonchev–Trinajstić information content (AvgIpc) is 3.26. The number of aromatic nitrogens is 1. The smallest absolute Gasteiger partial charge is 0.352 e. The van der Waals surface area contributed by atoms with Crippen LogP contribution in [0.2, 0.25) is 0 Å². The number of likely N-dealkylation sites (tertiary alicyclic amines) is 1. The lowest BCUT2D eigenvalue weighted by molar-refractivity contribution is -0.140. The number of rotatable bonds is 5. The molecule has 0 saturated carbocycles. The van der Waals surface area contributed by atoms with Gasteiger partial charge in [-0.3, -0.25) is 9.89 Å². The first-order valence-corrected chi connectivity index (χ1v) is 10.00. The van der Waals surface area contributed by atoms with Crippen LogP contribution in [0.25, 0.3) is 0 Å². The molecule has 0 amide bonds. The van der Waals surface area contributed by atoms with Crippen LogP contribution >= 0.6 is 35.3 Å². The molecule has 2 N–H and O–H groups in total. The quantitative estimate of drug-likeness (QED) is 0.342. The highest BCUT2D eigenvalue weighted by molar-refractivity contribution is 14.0. The summed E-state index contributed by atoms with van der Waals surface area (Å²) in [7, 11) is 1.65. The standard InChI is InChI=1S/C19H24F3N5S.HI/c1-13-8-15(11-27(13)10-14-6-4-3-5-7-14)25-18(23-2)24-9-17-26-16(12-28-17)19(20,21)22;/h3-7,12-13,15H,8-11H2,1-2H3,(H2,23,24,25);1H. The van der Waals surface area contributed by atoms with Gasteiger partial charge in [0.1, 0.15) is 5.01 Å². The third kappa shape index (κ3) is 6.82. The molecule has 1 aliphatic heterocycles. The van der Waals surface area contributed by atoms with Crippen molar-refractivity contribution in [3.05, 3.63) is 52.0 Å². The molecule has 0 radical (unpaired) electrons. The van der Waals surface area contributed by atoms with Crippen LogP contribution in [0.1, 0.15) is 29.6 Å². The molecule has 10 heteroatoms. The van der Waals surface area contributed by atoms with Gasteiger partial charge in [0.05, 0.1) is 6.54 Å². The van der Waals surface area contributed by atoms with Crippen LogP contribution in [-0.2, 0) is 19.3 Å². The fourth-order valence-electron chi connectivity index (χ4n) is 3.31. The van der Waals surface area contributed by atoms with Crippen molar-refractivity contribution in [3.8, 4) is 0 Å². The molecular weight excluding hydrogens is 514 g/mol. The van der Waals surface area contributed by atoms with E-state index in [9.17, 15) is 13.2 Å². The second-order valence-corrected chi connectivity index (χ2v) is 7.83. The van der Waals surface area contributed by atoms with Crippen molar-refractivity contribution in [1.29, 1.82) is 0 Å². The molecule has 5 nitrogen and oxygen atoms in total. The normalized spacial score (nSPS) is 20.4. The fraction of sp³-hybridized carbons (Fsp3) is 0.474. The zero-order valence-corrected chi connectivity index (χ0v) is 19.4.